The molecule has 0 atom stereocenters. The van der Waals surface area contributed by atoms with E-state index in [1.54, 1.807) is 36.4 Å². The number of hydrogen-bond donors (Lipinski definition) is 1. The minimum absolute atomic E-state index is 0.158. The van der Waals surface area contributed by atoms with E-state index in [0.717, 1.165) is 38.1 Å². The van der Waals surface area contributed by atoms with Crippen molar-refractivity contribution >= 4 is 39.7 Å². The minimum atomic E-state index is -4.49. The predicted octanol–water partition coefficient (Wildman–Crippen LogP) is 6.36. The highest BCUT2D eigenvalue weighted by molar-refractivity contribution is 6.36. The van der Waals surface area contributed by atoms with Crippen molar-refractivity contribution in [1.82, 2.24) is 0 Å². The largest absolute Gasteiger partial charge is 0.416 e. The summed E-state index contributed by atoms with van der Waals surface area (Å²) in [4.78, 5) is 15.0. The van der Waals surface area contributed by atoms with Gasteiger partial charge in [-0.15, -0.1) is 0 Å². The number of nitrogens with zero attached hydrogens (tertiary/aromatic N) is 1. The van der Waals surface area contributed by atoms with E-state index in [-0.39, 0.29) is 5.69 Å². The molecule has 3 aromatic rings. The summed E-state index contributed by atoms with van der Waals surface area (Å²) < 4.78 is 39.7. The van der Waals surface area contributed by atoms with Gasteiger partial charge in [-0.2, -0.15) is 13.2 Å². The highest BCUT2D eigenvalue weighted by Gasteiger charge is 2.32. The third-order valence-corrected chi connectivity index (χ3v) is 5.46. The van der Waals surface area contributed by atoms with Crippen LogP contribution >= 0.6 is 11.6 Å². The van der Waals surface area contributed by atoms with E-state index in [1.807, 2.05) is 4.90 Å². The van der Waals surface area contributed by atoms with Gasteiger partial charge in [0.1, 0.15) is 0 Å². The van der Waals surface area contributed by atoms with Crippen LogP contribution in [0, 0.1) is 0 Å². The molecule has 0 radical (unpaired) electrons. The molecule has 29 heavy (non-hydrogen) atoms. The molecular weight excluding hydrogens is 401 g/mol. The Bertz CT molecular complexity index is 1080. The monoisotopic (exact) mass is 418 g/mol. The Labute approximate surface area is 171 Å². The molecule has 0 saturated carbocycles. The molecule has 0 aliphatic carbocycles. The Balaban J connectivity index is 1.75. The van der Waals surface area contributed by atoms with Crippen LogP contribution < -0.4 is 10.2 Å². The average molecular weight is 419 g/mol. The molecule has 7 heteroatoms. The number of fused-ring (bicyclic) bond motifs is 1. The molecule has 3 aromatic carbocycles. The van der Waals surface area contributed by atoms with Crippen molar-refractivity contribution in [2.24, 2.45) is 0 Å². The number of amides is 1. The van der Waals surface area contributed by atoms with Crippen LogP contribution in [0.25, 0.3) is 10.8 Å². The maximum Gasteiger partial charge on any atom is 0.416 e. The standard InChI is InChI=1S/C22H18ClF3N2O/c23-18-8-4-5-15-16(18)6-3-7-17(15)21(29)27-19-13-14(22(24,25)26)9-10-20(19)28-11-1-2-12-28/h3-10,13H,1-2,11-12H2,(H,27,29). The highest BCUT2D eigenvalue weighted by Crippen LogP contribution is 2.37. The lowest BCUT2D eigenvalue weighted by Crippen LogP contribution is -2.22. The van der Waals surface area contributed by atoms with Crippen LogP contribution in [0.2, 0.25) is 5.02 Å². The van der Waals surface area contributed by atoms with E-state index in [4.69, 9.17) is 11.6 Å². The van der Waals surface area contributed by atoms with E-state index in [2.05, 4.69) is 5.32 Å². The van der Waals surface area contributed by atoms with Crippen molar-refractivity contribution in [3.63, 3.8) is 0 Å². The van der Waals surface area contributed by atoms with Crippen LogP contribution in [0.1, 0.15) is 28.8 Å². The second kappa shape index (κ2) is 7.59. The SMILES string of the molecule is O=C(Nc1cc(C(F)(F)F)ccc1N1CCCC1)c1cccc2c(Cl)cccc12. The van der Waals surface area contributed by atoms with Crippen molar-refractivity contribution in [2.45, 2.75) is 19.0 Å². The molecule has 0 unspecified atom stereocenters. The van der Waals surface area contributed by atoms with Gasteiger partial charge in [0.25, 0.3) is 5.91 Å². The number of carbonyl (C=O) groups is 1. The van der Waals surface area contributed by atoms with E-state index < -0.39 is 17.6 Å². The lowest BCUT2D eigenvalue weighted by Gasteiger charge is -2.23. The van der Waals surface area contributed by atoms with Crippen LogP contribution in [-0.2, 0) is 6.18 Å². The van der Waals surface area contributed by atoms with Gasteiger partial charge in [-0.1, -0.05) is 35.9 Å². The van der Waals surface area contributed by atoms with Crippen molar-refractivity contribution in [2.75, 3.05) is 23.3 Å². The molecule has 1 heterocycles. The lowest BCUT2D eigenvalue weighted by molar-refractivity contribution is -0.137. The first-order valence-electron chi connectivity index (χ1n) is 9.29. The van der Waals surface area contributed by atoms with Crippen molar-refractivity contribution < 1.29 is 18.0 Å². The van der Waals surface area contributed by atoms with Crippen molar-refractivity contribution in [3.05, 3.63) is 70.7 Å². The van der Waals surface area contributed by atoms with E-state index in [1.165, 1.54) is 6.07 Å². The third kappa shape index (κ3) is 3.90. The number of halogens is 4. The number of nitrogens with one attached hydrogen (secondary N) is 1. The van der Waals surface area contributed by atoms with Crippen LogP contribution in [0.5, 0.6) is 0 Å². The molecule has 0 bridgehead atoms. The van der Waals surface area contributed by atoms with Gasteiger partial charge in [-0.3, -0.25) is 4.79 Å². The first-order valence-corrected chi connectivity index (χ1v) is 9.67. The zero-order chi connectivity index (χ0) is 20.6. The quantitative estimate of drug-likeness (QED) is 0.536. The van der Waals surface area contributed by atoms with E-state index in [9.17, 15) is 18.0 Å². The number of alkyl halides is 3. The molecule has 4 rings (SSSR count). The topological polar surface area (TPSA) is 32.3 Å². The summed E-state index contributed by atoms with van der Waals surface area (Å²) in [6, 6.07) is 13.9. The maximum atomic E-state index is 13.2. The molecular formula is C22H18ClF3N2O. The number of benzene rings is 3. The van der Waals surface area contributed by atoms with Gasteiger partial charge in [0, 0.05) is 29.1 Å². The number of hydrogen-bond acceptors (Lipinski definition) is 2. The van der Waals surface area contributed by atoms with Crippen LogP contribution in [0.4, 0.5) is 24.5 Å². The van der Waals surface area contributed by atoms with Crippen LogP contribution in [0.15, 0.2) is 54.6 Å². The molecule has 1 amide bonds. The zero-order valence-corrected chi connectivity index (χ0v) is 16.1. The van der Waals surface area contributed by atoms with Crippen LogP contribution in [0.3, 0.4) is 0 Å². The fraction of sp³-hybridized carbons (Fsp3) is 0.227. The maximum absolute atomic E-state index is 13.2. The Morgan fingerprint density at radius 2 is 1.66 bits per heavy atom. The molecule has 1 N–H and O–H groups in total. The van der Waals surface area contributed by atoms with Gasteiger partial charge in [0.05, 0.1) is 16.9 Å². The fourth-order valence-corrected chi connectivity index (χ4v) is 3.94. The Morgan fingerprint density at radius 3 is 2.38 bits per heavy atom. The average Bonchev–Trinajstić information content (AvgIpc) is 3.21. The lowest BCUT2D eigenvalue weighted by atomic mass is 10.0. The fourth-order valence-electron chi connectivity index (χ4n) is 3.71. The summed E-state index contributed by atoms with van der Waals surface area (Å²) in [6.07, 6.45) is -2.55. The van der Waals surface area contributed by atoms with Gasteiger partial charge in [-0.25, -0.2) is 0 Å². The van der Waals surface area contributed by atoms with Gasteiger partial charge >= 0.3 is 6.18 Å². The minimum Gasteiger partial charge on any atom is -0.370 e. The Kier molecular flexibility index (Phi) is 5.13. The summed E-state index contributed by atoms with van der Waals surface area (Å²) >= 11 is 6.21. The first-order chi connectivity index (χ1) is 13.8. The summed E-state index contributed by atoms with van der Waals surface area (Å²) in [5, 5.41) is 4.57. The molecule has 1 saturated heterocycles. The van der Waals surface area contributed by atoms with Gasteiger partial charge in [0.2, 0.25) is 0 Å². The summed E-state index contributed by atoms with van der Waals surface area (Å²) in [6.45, 7) is 1.50. The summed E-state index contributed by atoms with van der Waals surface area (Å²) in [5.41, 5.74) is 0.319. The Morgan fingerprint density at radius 1 is 0.966 bits per heavy atom. The molecule has 150 valence electrons. The summed E-state index contributed by atoms with van der Waals surface area (Å²) in [7, 11) is 0. The van der Waals surface area contributed by atoms with Gasteiger partial charge in [0.15, 0.2) is 0 Å². The van der Waals surface area contributed by atoms with E-state index >= 15 is 0 Å². The number of carbonyl (C=O) groups excluding carboxylic acids is 1. The molecule has 1 aliphatic heterocycles. The molecule has 1 fully saturated rings. The second-order valence-corrected chi connectivity index (χ2v) is 7.43. The predicted molar refractivity (Wildman–Crippen MR) is 110 cm³/mol. The molecule has 0 spiro atoms. The summed E-state index contributed by atoms with van der Waals surface area (Å²) in [5.74, 6) is -0.474. The van der Waals surface area contributed by atoms with Crippen molar-refractivity contribution in [3.8, 4) is 0 Å². The highest BCUT2D eigenvalue weighted by atomic mass is 35.5. The smallest absolute Gasteiger partial charge is 0.370 e. The third-order valence-electron chi connectivity index (χ3n) is 5.13. The second-order valence-electron chi connectivity index (χ2n) is 7.02. The van der Waals surface area contributed by atoms with Gasteiger partial charge in [-0.05, 0) is 48.6 Å². The van der Waals surface area contributed by atoms with Crippen molar-refractivity contribution in [1.29, 1.82) is 0 Å². The normalized spacial score (nSPS) is 14.4. The van der Waals surface area contributed by atoms with Gasteiger partial charge < -0.3 is 10.2 Å². The van der Waals surface area contributed by atoms with Crippen LogP contribution in [-0.4, -0.2) is 19.0 Å². The number of anilines is 2. The molecule has 0 aromatic heterocycles. The first kappa shape index (κ1) is 19.6. The molecule has 1 aliphatic rings. The molecule has 3 nitrogen and oxygen atoms in total. The Hall–Kier alpha value is -2.73. The zero-order valence-electron chi connectivity index (χ0n) is 15.4. The number of rotatable bonds is 3. The van der Waals surface area contributed by atoms with E-state index in [0.29, 0.717) is 27.0 Å².